The maximum atomic E-state index is 9.50. The fourth-order valence-electron chi connectivity index (χ4n) is 2.21. The number of hydrogen-bond donors (Lipinski definition) is 1. The summed E-state index contributed by atoms with van der Waals surface area (Å²) in [6.07, 6.45) is 2.49. The topological polar surface area (TPSA) is 73.3 Å². The molecular formula is C16H17N3O3. The molecule has 0 unspecified atom stereocenters. The largest absolute Gasteiger partial charge is 0.491 e. The summed E-state index contributed by atoms with van der Waals surface area (Å²) in [6, 6.07) is 11.2. The second kappa shape index (κ2) is 6.44. The summed E-state index contributed by atoms with van der Waals surface area (Å²) in [7, 11) is 0. The quantitative estimate of drug-likeness (QED) is 0.757. The van der Waals surface area contributed by atoms with E-state index in [1.165, 1.54) is 0 Å². The van der Waals surface area contributed by atoms with Crippen LogP contribution in [-0.4, -0.2) is 26.7 Å². The Bertz CT molecular complexity index is 735. The van der Waals surface area contributed by atoms with Gasteiger partial charge in [0, 0.05) is 0 Å². The lowest BCUT2D eigenvalue weighted by molar-refractivity contribution is 0.277. The third-order valence-corrected chi connectivity index (χ3v) is 3.20. The monoisotopic (exact) mass is 299 g/mol. The van der Waals surface area contributed by atoms with Crippen molar-refractivity contribution in [3.05, 3.63) is 48.4 Å². The molecule has 0 saturated heterocycles. The Kier molecular flexibility index (Phi) is 4.20. The van der Waals surface area contributed by atoms with E-state index in [0.29, 0.717) is 29.5 Å². The van der Waals surface area contributed by atoms with Crippen molar-refractivity contribution in [3.63, 3.8) is 0 Å². The number of ether oxygens (including phenoxy) is 1. The molecule has 2 heterocycles. The first-order chi connectivity index (χ1) is 10.8. The predicted octanol–water partition coefficient (Wildman–Crippen LogP) is 2.81. The average molecular weight is 299 g/mol. The van der Waals surface area contributed by atoms with Crippen LogP contribution in [-0.2, 0) is 6.61 Å². The van der Waals surface area contributed by atoms with Gasteiger partial charge in [0.2, 0.25) is 0 Å². The SMILES string of the molecule is CCCOc1ccccc1-n1nnc(CO)c1-c1ccco1. The summed E-state index contributed by atoms with van der Waals surface area (Å²) in [4.78, 5) is 0. The van der Waals surface area contributed by atoms with Gasteiger partial charge in [-0.3, -0.25) is 0 Å². The van der Waals surface area contributed by atoms with Gasteiger partial charge in [-0.15, -0.1) is 5.10 Å². The van der Waals surface area contributed by atoms with Gasteiger partial charge in [0.05, 0.1) is 19.5 Å². The zero-order chi connectivity index (χ0) is 15.4. The second-order valence-corrected chi connectivity index (χ2v) is 4.75. The number of furan rings is 1. The van der Waals surface area contributed by atoms with Crippen LogP contribution in [0.4, 0.5) is 0 Å². The maximum Gasteiger partial charge on any atom is 0.154 e. The number of aliphatic hydroxyl groups is 1. The number of nitrogens with zero attached hydrogens (tertiary/aromatic N) is 3. The highest BCUT2D eigenvalue weighted by atomic mass is 16.5. The first-order valence-corrected chi connectivity index (χ1v) is 7.16. The van der Waals surface area contributed by atoms with Crippen LogP contribution in [0.1, 0.15) is 19.0 Å². The van der Waals surface area contributed by atoms with Crippen molar-refractivity contribution < 1.29 is 14.3 Å². The van der Waals surface area contributed by atoms with Crippen LogP contribution in [0.2, 0.25) is 0 Å². The molecule has 6 heteroatoms. The number of para-hydroxylation sites is 2. The predicted molar refractivity (Wildman–Crippen MR) is 80.8 cm³/mol. The molecular weight excluding hydrogens is 282 g/mol. The Morgan fingerprint density at radius 1 is 1.23 bits per heavy atom. The fraction of sp³-hybridized carbons (Fsp3) is 0.250. The molecule has 0 amide bonds. The van der Waals surface area contributed by atoms with E-state index < -0.39 is 0 Å². The van der Waals surface area contributed by atoms with Gasteiger partial charge in [-0.1, -0.05) is 24.3 Å². The van der Waals surface area contributed by atoms with Gasteiger partial charge in [0.15, 0.2) is 5.76 Å². The molecule has 0 saturated carbocycles. The minimum Gasteiger partial charge on any atom is -0.491 e. The van der Waals surface area contributed by atoms with Gasteiger partial charge in [-0.05, 0) is 30.7 Å². The van der Waals surface area contributed by atoms with E-state index in [-0.39, 0.29) is 6.61 Å². The Morgan fingerprint density at radius 2 is 2.09 bits per heavy atom. The summed E-state index contributed by atoms with van der Waals surface area (Å²) in [6.45, 7) is 2.46. The fourth-order valence-corrected chi connectivity index (χ4v) is 2.21. The smallest absolute Gasteiger partial charge is 0.154 e. The van der Waals surface area contributed by atoms with Crippen molar-refractivity contribution >= 4 is 0 Å². The van der Waals surface area contributed by atoms with E-state index in [1.54, 1.807) is 17.0 Å². The summed E-state index contributed by atoms with van der Waals surface area (Å²) >= 11 is 0. The molecule has 2 aromatic heterocycles. The van der Waals surface area contributed by atoms with Crippen molar-refractivity contribution in [3.8, 4) is 22.9 Å². The molecule has 114 valence electrons. The Hall–Kier alpha value is -2.60. The van der Waals surface area contributed by atoms with Gasteiger partial charge in [0.25, 0.3) is 0 Å². The number of aromatic nitrogens is 3. The van der Waals surface area contributed by atoms with Crippen LogP contribution in [0.15, 0.2) is 47.1 Å². The van der Waals surface area contributed by atoms with E-state index in [4.69, 9.17) is 9.15 Å². The molecule has 0 bridgehead atoms. The molecule has 0 aliphatic carbocycles. The second-order valence-electron chi connectivity index (χ2n) is 4.75. The minimum atomic E-state index is -0.214. The van der Waals surface area contributed by atoms with Crippen molar-refractivity contribution in [1.82, 2.24) is 15.0 Å². The highest BCUT2D eigenvalue weighted by Crippen LogP contribution is 2.30. The molecule has 0 aliphatic rings. The summed E-state index contributed by atoms with van der Waals surface area (Å²) in [5, 5.41) is 17.7. The zero-order valence-electron chi connectivity index (χ0n) is 12.3. The maximum absolute atomic E-state index is 9.50. The summed E-state index contributed by atoms with van der Waals surface area (Å²) in [5.41, 5.74) is 1.84. The third-order valence-electron chi connectivity index (χ3n) is 3.20. The number of aliphatic hydroxyl groups excluding tert-OH is 1. The molecule has 0 fully saturated rings. The van der Waals surface area contributed by atoms with Crippen LogP contribution < -0.4 is 4.74 Å². The van der Waals surface area contributed by atoms with Crippen LogP contribution in [0.3, 0.4) is 0 Å². The van der Waals surface area contributed by atoms with Gasteiger partial charge in [0.1, 0.15) is 22.8 Å². The van der Waals surface area contributed by atoms with Gasteiger partial charge in [-0.2, -0.15) is 0 Å². The van der Waals surface area contributed by atoms with E-state index >= 15 is 0 Å². The number of rotatable bonds is 6. The summed E-state index contributed by atoms with van der Waals surface area (Å²) < 4.78 is 12.9. The zero-order valence-corrected chi connectivity index (χ0v) is 12.3. The number of benzene rings is 1. The minimum absolute atomic E-state index is 0.214. The molecule has 0 radical (unpaired) electrons. The van der Waals surface area contributed by atoms with E-state index in [0.717, 1.165) is 12.1 Å². The van der Waals surface area contributed by atoms with Gasteiger partial charge in [-0.25, -0.2) is 4.68 Å². The molecule has 1 N–H and O–H groups in total. The molecule has 3 aromatic rings. The Morgan fingerprint density at radius 3 is 2.82 bits per heavy atom. The average Bonchev–Trinajstić information content (AvgIpc) is 3.21. The molecule has 3 rings (SSSR count). The van der Waals surface area contributed by atoms with Crippen LogP contribution >= 0.6 is 0 Å². The number of hydrogen-bond acceptors (Lipinski definition) is 5. The van der Waals surface area contributed by atoms with Crippen LogP contribution in [0.25, 0.3) is 17.1 Å². The van der Waals surface area contributed by atoms with Crippen molar-refractivity contribution in [2.24, 2.45) is 0 Å². The highest BCUT2D eigenvalue weighted by Gasteiger charge is 2.20. The molecule has 0 aliphatic heterocycles. The van der Waals surface area contributed by atoms with E-state index in [2.05, 4.69) is 17.2 Å². The van der Waals surface area contributed by atoms with Crippen molar-refractivity contribution in [1.29, 1.82) is 0 Å². The van der Waals surface area contributed by atoms with Crippen LogP contribution in [0.5, 0.6) is 5.75 Å². The van der Waals surface area contributed by atoms with Crippen LogP contribution in [0, 0.1) is 0 Å². The Balaban J connectivity index is 2.12. The highest BCUT2D eigenvalue weighted by molar-refractivity contribution is 5.60. The molecule has 1 aromatic carbocycles. The lowest BCUT2D eigenvalue weighted by Crippen LogP contribution is -2.04. The van der Waals surface area contributed by atoms with E-state index in [9.17, 15) is 5.11 Å². The molecule has 22 heavy (non-hydrogen) atoms. The standard InChI is InChI=1S/C16H17N3O3/c1-2-9-21-14-7-4-3-6-13(14)19-16(12(11-20)17-18-19)15-8-5-10-22-15/h3-8,10,20H,2,9,11H2,1H3. The molecule has 0 spiro atoms. The normalized spacial score (nSPS) is 10.8. The van der Waals surface area contributed by atoms with Crippen molar-refractivity contribution in [2.45, 2.75) is 20.0 Å². The lowest BCUT2D eigenvalue weighted by atomic mass is 10.2. The third kappa shape index (κ3) is 2.60. The van der Waals surface area contributed by atoms with Gasteiger partial charge >= 0.3 is 0 Å². The Labute approximate surface area is 128 Å². The summed E-state index contributed by atoms with van der Waals surface area (Å²) in [5.74, 6) is 1.31. The lowest BCUT2D eigenvalue weighted by Gasteiger charge is -2.12. The van der Waals surface area contributed by atoms with E-state index in [1.807, 2.05) is 30.3 Å². The molecule has 0 atom stereocenters. The van der Waals surface area contributed by atoms with Crippen molar-refractivity contribution in [2.75, 3.05) is 6.61 Å². The van der Waals surface area contributed by atoms with Gasteiger partial charge < -0.3 is 14.3 Å². The first kappa shape index (κ1) is 14.3. The first-order valence-electron chi connectivity index (χ1n) is 7.16. The molecule has 6 nitrogen and oxygen atoms in total.